The van der Waals surface area contributed by atoms with Crippen LogP contribution in [0.4, 0.5) is 0 Å². The van der Waals surface area contributed by atoms with Gasteiger partial charge in [0, 0.05) is 33.0 Å². The van der Waals surface area contributed by atoms with Gasteiger partial charge in [-0.1, -0.05) is 0 Å². The van der Waals surface area contributed by atoms with Crippen LogP contribution in [0.25, 0.3) is 0 Å². The second-order valence-electron chi connectivity index (χ2n) is 0. The molecule has 0 heterocycles. The standard InChI is InChI=1S/2Al.2Ni.3S/q2*+3;;;3*-2. The fourth-order valence-electron chi connectivity index (χ4n) is 0. The van der Waals surface area contributed by atoms with E-state index in [1.54, 1.807) is 0 Å². The maximum Gasteiger partial charge on any atom is 3.00 e. The minimum atomic E-state index is 0. The molecular weight excluding hydrogens is 268 g/mol. The van der Waals surface area contributed by atoms with Crippen LogP contribution >= 0.6 is 0 Å². The summed E-state index contributed by atoms with van der Waals surface area (Å²) in [6, 6.07) is 0. The summed E-state index contributed by atoms with van der Waals surface area (Å²) < 4.78 is 0. The monoisotopic (exact) mass is 266 g/mol. The first kappa shape index (κ1) is 87.0. The molecule has 7 heavy (non-hydrogen) atoms. The Morgan fingerprint density at radius 3 is 0.429 bits per heavy atom. The molecule has 0 aliphatic rings. The maximum atomic E-state index is 0. The zero-order chi connectivity index (χ0) is 0. The van der Waals surface area contributed by atoms with Gasteiger partial charge in [-0.25, -0.2) is 0 Å². The van der Waals surface area contributed by atoms with E-state index in [4.69, 9.17) is 0 Å². The Balaban J connectivity index is 0. The van der Waals surface area contributed by atoms with Crippen LogP contribution in [0.5, 0.6) is 0 Å². The molecule has 0 radical (unpaired) electrons. The van der Waals surface area contributed by atoms with E-state index in [-0.39, 0.29) is 108 Å². The van der Waals surface area contributed by atoms with Crippen molar-refractivity contribution in [3.05, 3.63) is 0 Å². The minimum Gasteiger partial charge on any atom is -2.00 e. The summed E-state index contributed by atoms with van der Waals surface area (Å²) in [5.74, 6) is 0. The molecule has 0 amide bonds. The summed E-state index contributed by atoms with van der Waals surface area (Å²) in [6.07, 6.45) is 0. The fraction of sp³-hybridized carbons (Fsp3) is 0. The molecule has 7 heteroatoms. The molecule has 0 fully saturated rings. The third kappa shape index (κ3) is 47.7. The molecule has 0 atom stereocenters. The Kier molecular flexibility index (Phi) is 772. The molecule has 0 nitrogen and oxygen atoms in total. The Morgan fingerprint density at radius 1 is 0.429 bits per heavy atom. The Bertz CT molecular complexity index is 10.9. The third-order valence-corrected chi connectivity index (χ3v) is 0. The molecule has 0 saturated heterocycles. The molecule has 0 unspecified atom stereocenters. The summed E-state index contributed by atoms with van der Waals surface area (Å²) in [7, 11) is 0. The van der Waals surface area contributed by atoms with Gasteiger partial charge in [0.05, 0.1) is 0 Å². The van der Waals surface area contributed by atoms with Crippen molar-refractivity contribution >= 4 is 75.2 Å². The van der Waals surface area contributed by atoms with E-state index in [0.29, 0.717) is 0 Å². The van der Waals surface area contributed by atoms with Crippen LogP contribution in [-0.4, -0.2) is 34.7 Å². The summed E-state index contributed by atoms with van der Waals surface area (Å²) in [5.41, 5.74) is 0. The maximum absolute atomic E-state index is 0. The van der Waals surface area contributed by atoms with E-state index in [1.807, 2.05) is 0 Å². The zero-order valence-electron chi connectivity index (χ0n) is 3.01. The van der Waals surface area contributed by atoms with Gasteiger partial charge in [0.2, 0.25) is 0 Å². The molecule has 0 N–H and O–H groups in total. The van der Waals surface area contributed by atoms with Gasteiger partial charge in [-0.05, 0) is 0 Å². The van der Waals surface area contributed by atoms with Crippen LogP contribution in [0.2, 0.25) is 0 Å². The van der Waals surface area contributed by atoms with Gasteiger partial charge in [0.15, 0.2) is 0 Å². The van der Waals surface area contributed by atoms with Crippen molar-refractivity contribution in [2.24, 2.45) is 0 Å². The molecule has 0 rings (SSSR count). The predicted octanol–water partition coefficient (Wildman–Crippen LogP) is -0.774. The molecule has 0 spiro atoms. The molecule has 0 aromatic rings. The van der Waals surface area contributed by atoms with Crippen LogP contribution < -0.4 is 0 Å². The van der Waals surface area contributed by atoms with Gasteiger partial charge in [-0.15, -0.1) is 0 Å². The second kappa shape index (κ2) is 62.1. The van der Waals surface area contributed by atoms with E-state index in [1.165, 1.54) is 0 Å². The normalized spacial score (nSPS) is 0. The quantitative estimate of drug-likeness (QED) is 0.506. The van der Waals surface area contributed by atoms with Crippen LogP contribution in [0.1, 0.15) is 0 Å². The van der Waals surface area contributed by atoms with E-state index in [2.05, 4.69) is 0 Å². The second-order valence-corrected chi connectivity index (χ2v) is 0. The Labute approximate surface area is 107 Å². The molecule has 0 bridgehead atoms. The SMILES string of the molecule is [Al+3].[Al+3].[Ni].[Ni].[S-2].[S-2].[S-2]. The summed E-state index contributed by atoms with van der Waals surface area (Å²) in [5, 5.41) is 0. The van der Waals surface area contributed by atoms with Crippen molar-refractivity contribution in [1.82, 2.24) is 0 Å². The van der Waals surface area contributed by atoms with Gasteiger partial charge in [-0.2, -0.15) is 0 Å². The smallest absolute Gasteiger partial charge is 2.00 e. The van der Waals surface area contributed by atoms with Crippen molar-refractivity contribution in [3.63, 3.8) is 0 Å². The largest absolute Gasteiger partial charge is 3.00 e. The van der Waals surface area contributed by atoms with Gasteiger partial charge in [0.1, 0.15) is 0 Å². The van der Waals surface area contributed by atoms with Crippen LogP contribution in [-0.2, 0) is 73.5 Å². The molecule has 0 aromatic heterocycles. The average Bonchev–Trinajstić information content (AvgIpc) is 0. The first-order valence-electron chi connectivity index (χ1n) is 0. The van der Waals surface area contributed by atoms with Crippen molar-refractivity contribution in [1.29, 1.82) is 0 Å². The third-order valence-electron chi connectivity index (χ3n) is 0. The van der Waals surface area contributed by atoms with Gasteiger partial charge >= 0.3 is 34.7 Å². The average molecular weight is 268 g/mol. The number of hydrogen-bond donors (Lipinski definition) is 0. The first-order chi connectivity index (χ1) is 0. The molecule has 0 saturated carbocycles. The van der Waals surface area contributed by atoms with Gasteiger partial charge in [-0.3, -0.25) is 0 Å². The Hall–Kier alpha value is 3.10. The first-order valence-corrected chi connectivity index (χ1v) is 0. The van der Waals surface area contributed by atoms with Crippen molar-refractivity contribution in [3.8, 4) is 0 Å². The van der Waals surface area contributed by atoms with E-state index in [0.717, 1.165) is 0 Å². The number of hydrogen-bond acceptors (Lipinski definition) is 0. The van der Waals surface area contributed by atoms with Crippen LogP contribution in [0.15, 0.2) is 0 Å². The van der Waals surface area contributed by atoms with Gasteiger partial charge in [0.25, 0.3) is 0 Å². The topological polar surface area (TPSA) is 0 Å². The zero-order valence-corrected chi connectivity index (χ0v) is 9.75. The van der Waals surface area contributed by atoms with Crippen molar-refractivity contribution in [2.75, 3.05) is 0 Å². The molecule has 44 valence electrons. The minimum absolute atomic E-state index is 0. The van der Waals surface area contributed by atoms with E-state index >= 15 is 0 Å². The van der Waals surface area contributed by atoms with Crippen LogP contribution in [0, 0.1) is 0 Å². The fourth-order valence-corrected chi connectivity index (χ4v) is 0. The van der Waals surface area contributed by atoms with E-state index in [9.17, 15) is 0 Å². The predicted molar refractivity (Wildman–Crippen MR) is 33.6 cm³/mol. The molecule has 0 aliphatic carbocycles. The summed E-state index contributed by atoms with van der Waals surface area (Å²) in [6.45, 7) is 0. The summed E-state index contributed by atoms with van der Waals surface area (Å²) in [4.78, 5) is 0. The summed E-state index contributed by atoms with van der Waals surface area (Å²) >= 11 is 0. The Morgan fingerprint density at radius 2 is 0.429 bits per heavy atom. The number of rotatable bonds is 0. The molecular formula is Al2Ni2S3. The van der Waals surface area contributed by atoms with Gasteiger partial charge < -0.3 is 40.5 Å². The van der Waals surface area contributed by atoms with Crippen molar-refractivity contribution in [2.45, 2.75) is 0 Å². The molecule has 0 aliphatic heterocycles. The van der Waals surface area contributed by atoms with Crippen molar-refractivity contribution < 1.29 is 33.0 Å². The molecule has 0 aromatic carbocycles. The van der Waals surface area contributed by atoms with Crippen LogP contribution in [0.3, 0.4) is 0 Å². The van der Waals surface area contributed by atoms with E-state index < -0.39 is 0 Å².